The van der Waals surface area contributed by atoms with Crippen molar-refractivity contribution in [1.29, 1.82) is 0 Å². The number of carbonyl (C=O) groups is 1. The van der Waals surface area contributed by atoms with Gasteiger partial charge in [0.2, 0.25) is 0 Å². The first-order valence-corrected chi connectivity index (χ1v) is 8.30. The fourth-order valence-electron chi connectivity index (χ4n) is 3.43. The van der Waals surface area contributed by atoms with E-state index in [1.54, 1.807) is 11.3 Å². The molecule has 3 nitrogen and oxygen atoms in total. The van der Waals surface area contributed by atoms with Gasteiger partial charge < -0.3 is 21.5 Å². The predicted octanol–water partition coefficient (Wildman–Crippen LogP) is -0.749. The summed E-state index contributed by atoms with van der Waals surface area (Å²) in [6, 6.07) is 3.90. The smallest absolute Gasteiger partial charge is 0.174 e. The van der Waals surface area contributed by atoms with Gasteiger partial charge in [0.05, 0.1) is 31.1 Å². The van der Waals surface area contributed by atoms with Gasteiger partial charge in [-0.15, -0.1) is 11.3 Å². The fourth-order valence-corrected chi connectivity index (χ4v) is 4.12. The Hall–Kier alpha value is -0.230. The van der Waals surface area contributed by atoms with Crippen molar-refractivity contribution < 1.29 is 26.3 Å². The average molecular weight is 359 g/mol. The molecule has 0 radical (unpaired) electrons. The minimum absolute atomic E-state index is 0. The topological polar surface area (TPSA) is 20.3 Å². The van der Waals surface area contributed by atoms with Crippen LogP contribution in [0.2, 0.25) is 0 Å². The highest BCUT2D eigenvalue weighted by Crippen LogP contribution is 2.22. The van der Waals surface area contributed by atoms with Gasteiger partial charge in [-0.05, 0) is 11.4 Å². The Kier molecular flexibility index (Phi) is 5.78. The van der Waals surface area contributed by atoms with E-state index in [1.165, 1.54) is 56.6 Å². The highest BCUT2D eigenvalue weighted by atomic mass is 79.9. The minimum Gasteiger partial charge on any atom is -1.00 e. The first-order valence-electron chi connectivity index (χ1n) is 7.42. The highest BCUT2D eigenvalue weighted by Gasteiger charge is 2.35. The second-order valence-corrected chi connectivity index (χ2v) is 6.88. The van der Waals surface area contributed by atoms with Gasteiger partial charge >= 0.3 is 0 Å². The molecule has 0 aromatic carbocycles. The molecule has 2 fully saturated rings. The van der Waals surface area contributed by atoms with Crippen molar-refractivity contribution in [3.05, 3.63) is 22.4 Å². The van der Waals surface area contributed by atoms with E-state index >= 15 is 0 Å². The normalized spacial score (nSPS) is 21.8. The van der Waals surface area contributed by atoms with Crippen LogP contribution in [0.3, 0.4) is 0 Å². The van der Waals surface area contributed by atoms with Crippen LogP contribution in [0.5, 0.6) is 0 Å². The summed E-state index contributed by atoms with van der Waals surface area (Å²) in [6.45, 7) is 8.68. The molecule has 20 heavy (non-hydrogen) atoms. The zero-order chi connectivity index (χ0) is 13.1. The second-order valence-electron chi connectivity index (χ2n) is 5.94. The molecule has 0 bridgehead atoms. The van der Waals surface area contributed by atoms with Crippen molar-refractivity contribution in [1.82, 2.24) is 4.90 Å². The molecule has 0 aliphatic carbocycles. The molecule has 5 heteroatoms. The summed E-state index contributed by atoms with van der Waals surface area (Å²) in [7, 11) is 0. The van der Waals surface area contributed by atoms with E-state index in [-0.39, 0.29) is 17.0 Å². The van der Waals surface area contributed by atoms with Crippen LogP contribution < -0.4 is 17.0 Å². The Morgan fingerprint density at radius 3 is 2.50 bits per heavy atom. The van der Waals surface area contributed by atoms with E-state index in [2.05, 4.69) is 4.90 Å². The zero-order valence-electron chi connectivity index (χ0n) is 11.9. The van der Waals surface area contributed by atoms with Crippen molar-refractivity contribution >= 4 is 17.1 Å². The monoisotopic (exact) mass is 358 g/mol. The van der Waals surface area contributed by atoms with Crippen LogP contribution in [0.4, 0.5) is 0 Å². The Bertz CT molecular complexity index is 419. The van der Waals surface area contributed by atoms with Gasteiger partial charge in [-0.1, -0.05) is 6.07 Å². The first-order chi connectivity index (χ1) is 9.27. The lowest BCUT2D eigenvalue weighted by Crippen LogP contribution is -3.00. The van der Waals surface area contributed by atoms with Gasteiger partial charge in [0, 0.05) is 38.9 Å². The summed E-state index contributed by atoms with van der Waals surface area (Å²) < 4.78 is 1.36. The molecule has 1 aromatic rings. The molecule has 112 valence electrons. The number of hydrogen-bond acceptors (Lipinski definition) is 3. The number of Topliss-reactive ketones (excluding diaryl/α,β-unsaturated/α-hetero) is 1. The number of nitrogens with zero attached hydrogens (tertiary/aromatic N) is 2. The van der Waals surface area contributed by atoms with Crippen LogP contribution in [0, 0.1) is 0 Å². The number of piperazine rings is 1. The van der Waals surface area contributed by atoms with E-state index in [0.717, 1.165) is 11.4 Å². The number of quaternary nitrogens is 1. The van der Waals surface area contributed by atoms with Crippen molar-refractivity contribution in [3.63, 3.8) is 0 Å². The molecule has 3 heterocycles. The van der Waals surface area contributed by atoms with Crippen molar-refractivity contribution in [2.45, 2.75) is 19.3 Å². The molecule has 0 unspecified atom stereocenters. The lowest BCUT2D eigenvalue weighted by atomic mass is 10.2. The maximum Gasteiger partial charge on any atom is 0.174 e. The van der Waals surface area contributed by atoms with Crippen LogP contribution in [0.25, 0.3) is 0 Å². The molecule has 0 atom stereocenters. The van der Waals surface area contributed by atoms with Crippen LogP contribution in [0.15, 0.2) is 17.5 Å². The number of halogens is 1. The molecule has 2 aliphatic heterocycles. The van der Waals surface area contributed by atoms with Crippen molar-refractivity contribution in [3.8, 4) is 0 Å². The summed E-state index contributed by atoms with van der Waals surface area (Å²) in [5.41, 5.74) is 0. The maximum atomic E-state index is 12.0. The summed E-state index contributed by atoms with van der Waals surface area (Å²) in [6.07, 6.45) is 3.51. The van der Waals surface area contributed by atoms with Gasteiger partial charge in [-0.3, -0.25) is 9.69 Å². The van der Waals surface area contributed by atoms with E-state index < -0.39 is 0 Å². The maximum absolute atomic E-state index is 12.0. The molecule has 0 N–H and O–H groups in total. The molecular formula is C15H23BrN2OS. The summed E-state index contributed by atoms with van der Waals surface area (Å²) in [5.74, 6) is 0.311. The van der Waals surface area contributed by atoms with Crippen LogP contribution >= 0.6 is 11.3 Å². The largest absolute Gasteiger partial charge is 1.00 e. The Morgan fingerprint density at radius 1 is 1.20 bits per heavy atom. The van der Waals surface area contributed by atoms with E-state index in [1.807, 2.05) is 17.5 Å². The van der Waals surface area contributed by atoms with Gasteiger partial charge in [0.15, 0.2) is 5.78 Å². The zero-order valence-corrected chi connectivity index (χ0v) is 14.3. The van der Waals surface area contributed by atoms with Crippen molar-refractivity contribution in [2.24, 2.45) is 0 Å². The average Bonchev–Trinajstić information content (AvgIpc) is 3.09. The first kappa shape index (κ1) is 16.1. The van der Waals surface area contributed by atoms with Gasteiger partial charge in [0.25, 0.3) is 0 Å². The van der Waals surface area contributed by atoms with E-state index in [4.69, 9.17) is 0 Å². The molecule has 0 saturated carbocycles. The quantitative estimate of drug-likeness (QED) is 0.521. The Labute approximate surface area is 135 Å². The van der Waals surface area contributed by atoms with Crippen LogP contribution in [-0.2, 0) is 0 Å². The number of rotatable bonds is 4. The van der Waals surface area contributed by atoms with E-state index in [0.29, 0.717) is 12.2 Å². The molecule has 3 rings (SSSR count). The minimum atomic E-state index is 0. The molecule has 1 spiro atoms. The SMILES string of the molecule is O=C(CCN1CC[N+]2(CCCC2)CC1)c1cccs1.[Br-]. The lowest BCUT2D eigenvalue weighted by molar-refractivity contribution is -0.920. The van der Waals surface area contributed by atoms with E-state index in [9.17, 15) is 4.79 Å². The Morgan fingerprint density at radius 2 is 1.90 bits per heavy atom. The number of carbonyl (C=O) groups excluding carboxylic acids is 1. The van der Waals surface area contributed by atoms with Gasteiger partial charge in [-0.25, -0.2) is 0 Å². The summed E-state index contributed by atoms with van der Waals surface area (Å²) in [4.78, 5) is 15.4. The van der Waals surface area contributed by atoms with Crippen LogP contribution in [0.1, 0.15) is 28.9 Å². The number of ketones is 1. The molecule has 0 amide bonds. The summed E-state index contributed by atoms with van der Waals surface area (Å²) >= 11 is 1.56. The third-order valence-electron chi connectivity index (χ3n) is 4.75. The van der Waals surface area contributed by atoms with Gasteiger partial charge in [0.1, 0.15) is 0 Å². The third-order valence-corrected chi connectivity index (χ3v) is 5.66. The third kappa shape index (κ3) is 3.70. The van der Waals surface area contributed by atoms with Crippen molar-refractivity contribution in [2.75, 3.05) is 45.8 Å². The second kappa shape index (κ2) is 7.16. The molecule has 2 aliphatic rings. The highest BCUT2D eigenvalue weighted by molar-refractivity contribution is 7.12. The molecule has 1 aromatic heterocycles. The standard InChI is InChI=1S/C15H23N2OS.BrH/c18-14(15-4-3-13-19-15)5-6-16-7-11-17(12-8-16)9-1-2-10-17;/h3-4,13H,1-2,5-12H2;1H/q+1;/p-1. The van der Waals surface area contributed by atoms with Crippen LogP contribution in [-0.4, -0.2) is 61.0 Å². The number of thiophene rings is 1. The predicted molar refractivity (Wildman–Crippen MR) is 78.7 cm³/mol. The molecule has 2 saturated heterocycles. The lowest BCUT2D eigenvalue weighted by Gasteiger charge is -2.42. The number of hydrogen-bond donors (Lipinski definition) is 0. The van der Waals surface area contributed by atoms with Gasteiger partial charge in [-0.2, -0.15) is 0 Å². The molecular weight excluding hydrogens is 336 g/mol. The fraction of sp³-hybridized carbons (Fsp3) is 0.667. The summed E-state index contributed by atoms with van der Waals surface area (Å²) in [5, 5.41) is 1.98. The Balaban J connectivity index is 0.00000147.